The third kappa shape index (κ3) is 3.06. The number of rotatable bonds is 4. The van der Waals surface area contributed by atoms with Crippen molar-refractivity contribution < 1.29 is 9.53 Å². The van der Waals surface area contributed by atoms with Crippen molar-refractivity contribution in [1.82, 2.24) is 0 Å². The van der Waals surface area contributed by atoms with Crippen LogP contribution in [0.4, 0.5) is 0 Å². The summed E-state index contributed by atoms with van der Waals surface area (Å²) in [5, 5.41) is 0. The van der Waals surface area contributed by atoms with E-state index >= 15 is 0 Å². The van der Waals surface area contributed by atoms with Gasteiger partial charge < -0.3 is 4.74 Å². The van der Waals surface area contributed by atoms with E-state index in [1.54, 1.807) is 0 Å². The molecule has 0 N–H and O–H groups in total. The fourth-order valence-electron chi connectivity index (χ4n) is 2.91. The Balaban J connectivity index is 2.23. The summed E-state index contributed by atoms with van der Waals surface area (Å²) in [6.07, 6.45) is 3.87. The lowest BCUT2D eigenvalue weighted by Crippen LogP contribution is -2.44. The van der Waals surface area contributed by atoms with E-state index in [0.29, 0.717) is 12.5 Å². The van der Waals surface area contributed by atoms with Gasteiger partial charge in [-0.2, -0.15) is 0 Å². The SMILES string of the molecule is CCOC1(C(=O)c2ccc(C)cc2)CCC(C)CC1. The van der Waals surface area contributed by atoms with Gasteiger partial charge in [-0.25, -0.2) is 0 Å². The lowest BCUT2D eigenvalue weighted by atomic mass is 9.75. The number of ketones is 1. The highest BCUT2D eigenvalue weighted by Gasteiger charge is 2.41. The van der Waals surface area contributed by atoms with Crippen LogP contribution in [0.5, 0.6) is 0 Å². The van der Waals surface area contributed by atoms with Gasteiger partial charge in [0.05, 0.1) is 0 Å². The van der Waals surface area contributed by atoms with Crippen LogP contribution in [-0.2, 0) is 4.74 Å². The van der Waals surface area contributed by atoms with E-state index in [9.17, 15) is 4.79 Å². The van der Waals surface area contributed by atoms with Crippen LogP contribution >= 0.6 is 0 Å². The second-order valence-electron chi connectivity index (χ2n) is 5.80. The summed E-state index contributed by atoms with van der Waals surface area (Å²) in [5.41, 5.74) is 1.39. The molecule has 1 aliphatic carbocycles. The summed E-state index contributed by atoms with van der Waals surface area (Å²) in [7, 11) is 0. The average molecular weight is 260 g/mol. The van der Waals surface area contributed by atoms with Gasteiger partial charge in [-0.15, -0.1) is 0 Å². The molecule has 1 aliphatic rings. The van der Waals surface area contributed by atoms with Crippen LogP contribution in [0, 0.1) is 12.8 Å². The molecular weight excluding hydrogens is 236 g/mol. The number of Topliss-reactive ketones (excluding diaryl/α,β-unsaturated/α-hetero) is 1. The Morgan fingerprint density at radius 1 is 1.26 bits per heavy atom. The molecule has 0 aromatic heterocycles. The Morgan fingerprint density at radius 2 is 1.84 bits per heavy atom. The molecule has 0 heterocycles. The molecule has 1 fully saturated rings. The molecule has 104 valence electrons. The van der Waals surface area contributed by atoms with E-state index in [0.717, 1.165) is 31.2 Å². The predicted octanol–water partition coefficient (Wildman–Crippen LogP) is 4.16. The summed E-state index contributed by atoms with van der Waals surface area (Å²) in [4.78, 5) is 12.8. The first-order valence-corrected chi connectivity index (χ1v) is 7.33. The zero-order chi connectivity index (χ0) is 13.9. The molecule has 1 saturated carbocycles. The highest BCUT2D eigenvalue weighted by Crippen LogP contribution is 2.37. The standard InChI is InChI=1S/C17H24O2/c1-4-19-17(11-9-14(3)10-12-17)16(18)15-7-5-13(2)6-8-15/h5-8,14H,4,9-12H2,1-3H3. The largest absolute Gasteiger partial charge is 0.367 e. The van der Waals surface area contributed by atoms with Gasteiger partial charge in [0.15, 0.2) is 5.78 Å². The number of aryl methyl sites for hydroxylation is 1. The first-order valence-electron chi connectivity index (χ1n) is 7.33. The zero-order valence-corrected chi connectivity index (χ0v) is 12.2. The Morgan fingerprint density at radius 3 is 2.37 bits per heavy atom. The van der Waals surface area contributed by atoms with Crippen molar-refractivity contribution in [3.8, 4) is 0 Å². The van der Waals surface area contributed by atoms with Gasteiger partial charge >= 0.3 is 0 Å². The summed E-state index contributed by atoms with van der Waals surface area (Å²) >= 11 is 0. The zero-order valence-electron chi connectivity index (χ0n) is 12.2. The Hall–Kier alpha value is -1.15. The normalized spacial score (nSPS) is 27.2. The molecule has 0 aliphatic heterocycles. The van der Waals surface area contributed by atoms with Crippen molar-refractivity contribution in [2.45, 2.75) is 52.1 Å². The van der Waals surface area contributed by atoms with Crippen LogP contribution in [0.15, 0.2) is 24.3 Å². The molecule has 2 rings (SSSR count). The van der Waals surface area contributed by atoms with E-state index in [4.69, 9.17) is 4.74 Å². The van der Waals surface area contributed by atoms with Crippen LogP contribution in [0.1, 0.15) is 55.5 Å². The number of hydrogen-bond acceptors (Lipinski definition) is 2. The highest BCUT2D eigenvalue weighted by molar-refractivity contribution is 6.02. The quantitative estimate of drug-likeness (QED) is 0.760. The number of carbonyl (C=O) groups excluding carboxylic acids is 1. The molecule has 0 unspecified atom stereocenters. The fraction of sp³-hybridized carbons (Fsp3) is 0.588. The lowest BCUT2D eigenvalue weighted by Gasteiger charge is -2.37. The minimum absolute atomic E-state index is 0.168. The molecule has 2 heteroatoms. The van der Waals surface area contributed by atoms with Crippen molar-refractivity contribution in [1.29, 1.82) is 0 Å². The maximum Gasteiger partial charge on any atom is 0.194 e. The summed E-state index contributed by atoms with van der Waals surface area (Å²) < 4.78 is 5.92. The smallest absolute Gasteiger partial charge is 0.194 e. The van der Waals surface area contributed by atoms with Crippen molar-refractivity contribution in [3.05, 3.63) is 35.4 Å². The van der Waals surface area contributed by atoms with E-state index < -0.39 is 5.60 Å². The molecule has 19 heavy (non-hydrogen) atoms. The molecule has 0 amide bonds. The minimum atomic E-state index is -0.573. The molecule has 0 atom stereocenters. The number of hydrogen-bond donors (Lipinski definition) is 0. The summed E-state index contributed by atoms with van der Waals surface area (Å²) in [5.74, 6) is 0.876. The molecule has 1 aromatic carbocycles. The second-order valence-corrected chi connectivity index (χ2v) is 5.80. The van der Waals surface area contributed by atoms with Crippen molar-refractivity contribution in [2.75, 3.05) is 6.61 Å². The van der Waals surface area contributed by atoms with Crippen molar-refractivity contribution in [3.63, 3.8) is 0 Å². The van der Waals surface area contributed by atoms with E-state index in [2.05, 4.69) is 6.92 Å². The van der Waals surface area contributed by atoms with Gasteiger partial charge in [-0.1, -0.05) is 36.8 Å². The van der Waals surface area contributed by atoms with Gasteiger partial charge in [-0.05, 0) is 45.4 Å². The minimum Gasteiger partial charge on any atom is -0.367 e. The number of benzene rings is 1. The summed E-state index contributed by atoms with van der Waals surface area (Å²) in [6, 6.07) is 7.85. The van der Waals surface area contributed by atoms with Crippen molar-refractivity contribution >= 4 is 5.78 Å². The predicted molar refractivity (Wildman–Crippen MR) is 77.5 cm³/mol. The van der Waals surface area contributed by atoms with Gasteiger partial charge in [0, 0.05) is 12.2 Å². The van der Waals surface area contributed by atoms with Crippen LogP contribution in [0.25, 0.3) is 0 Å². The second kappa shape index (κ2) is 5.87. The van der Waals surface area contributed by atoms with Crippen LogP contribution in [-0.4, -0.2) is 18.0 Å². The van der Waals surface area contributed by atoms with Gasteiger partial charge in [-0.3, -0.25) is 4.79 Å². The van der Waals surface area contributed by atoms with Crippen molar-refractivity contribution in [2.24, 2.45) is 5.92 Å². The monoisotopic (exact) mass is 260 g/mol. The molecule has 0 spiro atoms. The molecule has 0 saturated heterocycles. The van der Waals surface area contributed by atoms with Gasteiger partial charge in [0.2, 0.25) is 0 Å². The van der Waals surface area contributed by atoms with Crippen LogP contribution < -0.4 is 0 Å². The van der Waals surface area contributed by atoms with Crippen LogP contribution in [0.2, 0.25) is 0 Å². The highest BCUT2D eigenvalue weighted by atomic mass is 16.5. The third-order valence-electron chi connectivity index (χ3n) is 4.23. The maximum absolute atomic E-state index is 12.8. The molecule has 1 aromatic rings. The fourth-order valence-corrected chi connectivity index (χ4v) is 2.91. The van der Waals surface area contributed by atoms with Gasteiger partial charge in [0.25, 0.3) is 0 Å². The first-order chi connectivity index (χ1) is 9.07. The molecular formula is C17H24O2. The topological polar surface area (TPSA) is 26.3 Å². The Bertz CT molecular complexity index is 425. The van der Waals surface area contributed by atoms with E-state index in [-0.39, 0.29) is 5.78 Å². The average Bonchev–Trinajstić information content (AvgIpc) is 2.42. The number of ether oxygens (including phenoxy) is 1. The Labute approximate surface area is 116 Å². The third-order valence-corrected chi connectivity index (χ3v) is 4.23. The lowest BCUT2D eigenvalue weighted by molar-refractivity contribution is -0.0474. The van der Waals surface area contributed by atoms with E-state index in [1.165, 1.54) is 5.56 Å². The Kier molecular flexibility index (Phi) is 4.41. The molecule has 0 bridgehead atoms. The van der Waals surface area contributed by atoms with Gasteiger partial charge in [0.1, 0.15) is 5.60 Å². The maximum atomic E-state index is 12.8. The first kappa shape index (κ1) is 14.3. The molecule has 0 radical (unpaired) electrons. The number of carbonyl (C=O) groups is 1. The van der Waals surface area contributed by atoms with E-state index in [1.807, 2.05) is 38.1 Å². The van der Waals surface area contributed by atoms with Crippen LogP contribution in [0.3, 0.4) is 0 Å². The molecule has 2 nitrogen and oxygen atoms in total. The summed E-state index contributed by atoms with van der Waals surface area (Å²) in [6.45, 7) is 6.87.